The normalized spacial score (nSPS) is 14.9. The van der Waals surface area contributed by atoms with Crippen molar-refractivity contribution in [2.75, 3.05) is 0 Å². The third-order valence-electron chi connectivity index (χ3n) is 5.99. The molecule has 2 heterocycles. The Balaban J connectivity index is 1.28. The molecular formula is C24H18F4N4O5S. The zero-order chi connectivity index (χ0) is 27.3. The lowest BCUT2D eigenvalue weighted by Gasteiger charge is -2.16. The predicted molar refractivity (Wildman–Crippen MR) is 124 cm³/mol. The first-order valence-electron chi connectivity index (χ1n) is 11.1. The van der Waals surface area contributed by atoms with E-state index in [9.17, 15) is 35.9 Å². The molecule has 0 aliphatic heterocycles. The Morgan fingerprint density at radius 2 is 1.84 bits per heavy atom. The third-order valence-corrected chi connectivity index (χ3v) is 7.38. The number of aromatic nitrogens is 2. The minimum absolute atomic E-state index is 0.0325. The number of aromatic hydroxyl groups is 1. The van der Waals surface area contributed by atoms with Crippen molar-refractivity contribution in [1.82, 2.24) is 20.0 Å². The number of alkyl halides is 3. The smallest absolute Gasteiger partial charge is 0.416 e. The summed E-state index contributed by atoms with van der Waals surface area (Å²) in [6, 6.07) is 8.54. The second-order valence-corrected chi connectivity index (χ2v) is 10.4. The lowest BCUT2D eigenvalue weighted by molar-refractivity contribution is -0.137. The molecule has 14 heteroatoms. The highest BCUT2D eigenvalue weighted by atomic mass is 32.2. The summed E-state index contributed by atoms with van der Waals surface area (Å²) in [5.41, 5.74) is -1.85. The average Bonchev–Trinajstić information content (AvgIpc) is 3.49. The molecule has 2 aromatic heterocycles. The number of fused-ring (bicyclic) bond motifs is 1. The molecule has 1 aliphatic carbocycles. The first-order chi connectivity index (χ1) is 17.9. The molecule has 1 aliphatic rings. The Morgan fingerprint density at radius 3 is 2.53 bits per heavy atom. The number of benzene rings is 2. The van der Waals surface area contributed by atoms with Crippen molar-refractivity contribution in [2.45, 2.75) is 36.2 Å². The van der Waals surface area contributed by atoms with E-state index in [1.165, 1.54) is 12.1 Å². The van der Waals surface area contributed by atoms with Gasteiger partial charge in [0, 0.05) is 17.0 Å². The van der Waals surface area contributed by atoms with Crippen molar-refractivity contribution >= 4 is 26.9 Å². The standard InChI is InChI=1S/C24H18F4N4O5S/c25-15-2-4-20-13(7-15)8-21(37-20)38(35,36)32-23(5-6-23)22(34)29-11-16-10-18(31-12-30-16)17-3-1-14(9-19(17)33)24(26,27)28/h1-4,7-10,12,32-33H,5-6,11H2,(H,29,34). The van der Waals surface area contributed by atoms with E-state index in [1.807, 2.05) is 0 Å². The highest BCUT2D eigenvalue weighted by Gasteiger charge is 2.53. The Hall–Kier alpha value is -4.04. The molecule has 0 bridgehead atoms. The molecule has 0 atom stereocenters. The number of hydrogen-bond donors (Lipinski definition) is 3. The van der Waals surface area contributed by atoms with Crippen LogP contribution in [0.3, 0.4) is 0 Å². The Bertz CT molecular complexity index is 1670. The molecule has 2 aromatic carbocycles. The fraction of sp³-hybridized carbons (Fsp3) is 0.208. The molecule has 0 spiro atoms. The fourth-order valence-corrected chi connectivity index (χ4v) is 5.23. The minimum Gasteiger partial charge on any atom is -0.507 e. The summed E-state index contributed by atoms with van der Waals surface area (Å²) in [6.07, 6.45) is -3.06. The SMILES string of the molecule is O=C(NCc1cc(-c2ccc(C(F)(F)F)cc2O)ncn1)C1(NS(=O)(=O)c2cc3cc(F)ccc3o2)CC1. The zero-order valence-electron chi connectivity index (χ0n) is 19.2. The van der Waals surface area contributed by atoms with Gasteiger partial charge in [0.2, 0.25) is 11.0 Å². The highest BCUT2D eigenvalue weighted by molar-refractivity contribution is 7.89. The molecule has 1 fully saturated rings. The van der Waals surface area contributed by atoms with Crippen LogP contribution in [0.5, 0.6) is 5.75 Å². The van der Waals surface area contributed by atoms with Gasteiger partial charge in [0.15, 0.2) is 0 Å². The topological polar surface area (TPSA) is 134 Å². The van der Waals surface area contributed by atoms with E-state index in [4.69, 9.17) is 4.42 Å². The van der Waals surface area contributed by atoms with Crippen molar-refractivity contribution in [2.24, 2.45) is 0 Å². The molecular weight excluding hydrogens is 532 g/mol. The number of amides is 1. The summed E-state index contributed by atoms with van der Waals surface area (Å²) >= 11 is 0. The van der Waals surface area contributed by atoms with Crippen LogP contribution in [0.25, 0.3) is 22.2 Å². The van der Waals surface area contributed by atoms with E-state index in [0.717, 1.165) is 36.7 Å². The second kappa shape index (κ2) is 9.06. The number of hydrogen-bond acceptors (Lipinski definition) is 7. The highest BCUT2D eigenvalue weighted by Crippen LogP contribution is 2.38. The predicted octanol–water partition coefficient (Wildman–Crippen LogP) is 3.88. The van der Waals surface area contributed by atoms with Crippen molar-refractivity contribution in [3.8, 4) is 17.0 Å². The van der Waals surface area contributed by atoms with E-state index in [1.54, 1.807) is 0 Å². The van der Waals surface area contributed by atoms with E-state index in [-0.39, 0.29) is 47.3 Å². The van der Waals surface area contributed by atoms with Gasteiger partial charge in [-0.25, -0.2) is 22.8 Å². The molecule has 198 valence electrons. The Labute approximate surface area is 212 Å². The van der Waals surface area contributed by atoms with Crippen LogP contribution in [-0.4, -0.2) is 34.9 Å². The average molecular weight is 550 g/mol. The number of sulfonamides is 1. The van der Waals surface area contributed by atoms with Gasteiger partial charge in [-0.3, -0.25) is 4.79 Å². The number of phenolic OH excluding ortho intramolecular Hbond substituents is 1. The third kappa shape index (κ3) is 5.04. The number of carbonyl (C=O) groups excluding carboxylic acids is 1. The van der Waals surface area contributed by atoms with Crippen molar-refractivity contribution in [1.29, 1.82) is 0 Å². The summed E-state index contributed by atoms with van der Waals surface area (Å²) in [7, 11) is -4.25. The van der Waals surface area contributed by atoms with Crippen LogP contribution >= 0.6 is 0 Å². The van der Waals surface area contributed by atoms with Gasteiger partial charge in [-0.15, -0.1) is 0 Å². The molecule has 38 heavy (non-hydrogen) atoms. The number of nitrogens with one attached hydrogen (secondary N) is 2. The molecule has 3 N–H and O–H groups in total. The van der Waals surface area contributed by atoms with Crippen LogP contribution in [0.1, 0.15) is 24.1 Å². The number of rotatable bonds is 7. The zero-order valence-corrected chi connectivity index (χ0v) is 20.0. The first-order valence-corrected chi connectivity index (χ1v) is 12.6. The second-order valence-electron chi connectivity index (χ2n) is 8.74. The van der Waals surface area contributed by atoms with E-state index in [0.29, 0.717) is 6.07 Å². The lowest BCUT2D eigenvalue weighted by Crippen LogP contribution is -2.48. The van der Waals surface area contributed by atoms with Gasteiger partial charge < -0.3 is 14.8 Å². The minimum atomic E-state index is -4.63. The molecule has 4 aromatic rings. The van der Waals surface area contributed by atoms with Crippen LogP contribution < -0.4 is 10.0 Å². The van der Waals surface area contributed by atoms with Crippen molar-refractivity contribution in [3.63, 3.8) is 0 Å². The van der Waals surface area contributed by atoms with E-state index < -0.39 is 49.9 Å². The molecule has 0 radical (unpaired) electrons. The van der Waals surface area contributed by atoms with Crippen LogP contribution in [0.2, 0.25) is 0 Å². The number of halogens is 4. The van der Waals surface area contributed by atoms with Crippen LogP contribution in [-0.2, 0) is 27.5 Å². The monoisotopic (exact) mass is 550 g/mol. The quantitative estimate of drug-likeness (QED) is 0.297. The van der Waals surface area contributed by atoms with E-state index >= 15 is 0 Å². The fourth-order valence-electron chi connectivity index (χ4n) is 3.84. The van der Waals surface area contributed by atoms with Gasteiger partial charge >= 0.3 is 6.18 Å². The Kier molecular flexibility index (Phi) is 6.10. The maximum atomic E-state index is 13.4. The number of nitrogens with zero attached hydrogens (tertiary/aromatic N) is 2. The number of furan rings is 1. The molecule has 9 nitrogen and oxygen atoms in total. The Morgan fingerprint density at radius 1 is 1.08 bits per heavy atom. The molecule has 5 rings (SSSR count). The summed E-state index contributed by atoms with van der Waals surface area (Å²) in [4.78, 5) is 20.8. The van der Waals surface area contributed by atoms with Gasteiger partial charge in [0.25, 0.3) is 10.0 Å². The van der Waals surface area contributed by atoms with Gasteiger partial charge in [-0.1, -0.05) is 0 Å². The number of carbonyl (C=O) groups is 1. The van der Waals surface area contributed by atoms with Gasteiger partial charge in [-0.2, -0.15) is 17.9 Å². The van der Waals surface area contributed by atoms with Crippen LogP contribution in [0, 0.1) is 5.82 Å². The van der Waals surface area contributed by atoms with Gasteiger partial charge in [0.1, 0.15) is 29.0 Å². The summed E-state index contributed by atoms with van der Waals surface area (Å²) in [6.45, 7) is -0.150. The molecule has 1 saturated carbocycles. The summed E-state index contributed by atoms with van der Waals surface area (Å²) in [5, 5.41) is 12.4. The molecule has 0 saturated heterocycles. The summed E-state index contributed by atoms with van der Waals surface area (Å²) in [5.74, 6) is -1.82. The van der Waals surface area contributed by atoms with E-state index in [2.05, 4.69) is 20.0 Å². The maximum absolute atomic E-state index is 13.4. The molecule has 1 amide bonds. The van der Waals surface area contributed by atoms with Crippen molar-refractivity contribution < 1.29 is 40.3 Å². The van der Waals surface area contributed by atoms with Crippen LogP contribution in [0.4, 0.5) is 17.6 Å². The summed E-state index contributed by atoms with van der Waals surface area (Å²) < 4.78 is 85.4. The number of phenols is 1. The lowest BCUT2D eigenvalue weighted by atomic mass is 10.1. The largest absolute Gasteiger partial charge is 0.507 e. The van der Waals surface area contributed by atoms with Gasteiger partial charge in [-0.05, 0) is 55.3 Å². The maximum Gasteiger partial charge on any atom is 0.416 e. The van der Waals surface area contributed by atoms with Crippen LogP contribution in [0.15, 0.2) is 64.4 Å². The van der Waals surface area contributed by atoms with Gasteiger partial charge in [0.05, 0.1) is 23.5 Å². The molecule has 0 unspecified atom stereocenters. The first kappa shape index (κ1) is 25.6. The van der Waals surface area contributed by atoms with Crippen molar-refractivity contribution in [3.05, 3.63) is 71.9 Å².